The topological polar surface area (TPSA) is 58.6 Å². The predicted octanol–water partition coefficient (Wildman–Crippen LogP) is 2.38. The monoisotopic (exact) mass is 384 g/mol. The van der Waals surface area contributed by atoms with Crippen LogP contribution in [-0.2, 0) is 20.5 Å². The lowest BCUT2D eigenvalue weighted by atomic mass is 10.1. The highest BCUT2D eigenvalue weighted by Gasteiger charge is 2.24. The third kappa shape index (κ3) is 5.32. The first kappa shape index (κ1) is 18.5. The van der Waals surface area contributed by atoms with Crippen LogP contribution in [0.1, 0.15) is 17.2 Å². The van der Waals surface area contributed by atoms with Crippen LogP contribution in [0.3, 0.4) is 0 Å². The third-order valence-corrected chi connectivity index (χ3v) is 6.20. The molecule has 25 heavy (non-hydrogen) atoms. The molecular formula is C17H21FN2O3S2. The van der Waals surface area contributed by atoms with Crippen LogP contribution in [0.5, 0.6) is 0 Å². The zero-order chi connectivity index (χ0) is 17.7. The van der Waals surface area contributed by atoms with Crippen LogP contribution in [0, 0.1) is 5.82 Å². The maximum Gasteiger partial charge on any atom is 0.215 e. The van der Waals surface area contributed by atoms with Gasteiger partial charge in [0.15, 0.2) is 0 Å². The van der Waals surface area contributed by atoms with Gasteiger partial charge in [-0.25, -0.2) is 17.5 Å². The van der Waals surface area contributed by atoms with E-state index >= 15 is 0 Å². The molecule has 0 radical (unpaired) electrons. The number of nitrogens with zero attached hydrogens (tertiary/aromatic N) is 1. The molecular weight excluding hydrogens is 363 g/mol. The van der Waals surface area contributed by atoms with Crippen molar-refractivity contribution < 1.29 is 17.5 Å². The predicted molar refractivity (Wildman–Crippen MR) is 96.5 cm³/mol. The first-order valence-electron chi connectivity index (χ1n) is 8.09. The highest BCUT2D eigenvalue weighted by molar-refractivity contribution is 7.88. The number of benzene rings is 1. The van der Waals surface area contributed by atoms with Gasteiger partial charge < -0.3 is 4.74 Å². The van der Waals surface area contributed by atoms with Crippen LogP contribution in [0.15, 0.2) is 41.1 Å². The average Bonchev–Trinajstić information content (AvgIpc) is 3.12. The number of rotatable bonds is 7. The lowest BCUT2D eigenvalue weighted by Crippen LogP contribution is -2.43. The zero-order valence-electron chi connectivity index (χ0n) is 13.7. The minimum absolute atomic E-state index is 0.0156. The van der Waals surface area contributed by atoms with Crippen molar-refractivity contribution in [1.29, 1.82) is 0 Å². The zero-order valence-corrected chi connectivity index (χ0v) is 15.4. The summed E-state index contributed by atoms with van der Waals surface area (Å²) in [5.41, 5.74) is 1.67. The Kier molecular flexibility index (Phi) is 6.19. The molecule has 5 nitrogen and oxygen atoms in total. The Morgan fingerprint density at radius 3 is 2.56 bits per heavy atom. The molecule has 1 atom stereocenters. The van der Waals surface area contributed by atoms with E-state index in [4.69, 9.17) is 4.74 Å². The maximum atomic E-state index is 13.0. The molecule has 1 unspecified atom stereocenters. The minimum Gasteiger partial charge on any atom is -0.379 e. The van der Waals surface area contributed by atoms with Crippen molar-refractivity contribution in [2.75, 3.05) is 32.8 Å². The molecule has 0 amide bonds. The molecule has 1 aromatic heterocycles. The van der Waals surface area contributed by atoms with Crippen molar-refractivity contribution in [3.8, 4) is 0 Å². The second-order valence-electron chi connectivity index (χ2n) is 5.95. The van der Waals surface area contributed by atoms with Crippen LogP contribution < -0.4 is 4.72 Å². The average molecular weight is 384 g/mol. The van der Waals surface area contributed by atoms with Crippen LogP contribution in [0.2, 0.25) is 0 Å². The quantitative estimate of drug-likeness (QED) is 0.796. The Morgan fingerprint density at radius 2 is 1.92 bits per heavy atom. The summed E-state index contributed by atoms with van der Waals surface area (Å²) in [6.45, 7) is 3.17. The van der Waals surface area contributed by atoms with Crippen molar-refractivity contribution in [2.24, 2.45) is 0 Å². The number of thiophene rings is 1. The van der Waals surface area contributed by atoms with Crippen LogP contribution in [-0.4, -0.2) is 46.2 Å². The van der Waals surface area contributed by atoms with Gasteiger partial charge in [-0.1, -0.05) is 12.1 Å². The highest BCUT2D eigenvalue weighted by atomic mass is 32.2. The summed E-state index contributed by atoms with van der Waals surface area (Å²) in [6.07, 6.45) is 0. The van der Waals surface area contributed by atoms with Crippen molar-refractivity contribution in [1.82, 2.24) is 9.62 Å². The van der Waals surface area contributed by atoms with Gasteiger partial charge in [-0.15, -0.1) is 0 Å². The van der Waals surface area contributed by atoms with Crippen molar-refractivity contribution in [3.63, 3.8) is 0 Å². The normalized spacial score (nSPS) is 17.5. The fourth-order valence-corrected chi connectivity index (χ4v) is 4.72. The SMILES string of the molecule is O=S(=O)(Cc1ccc(F)cc1)NCC(c1ccsc1)N1CCOCC1. The smallest absolute Gasteiger partial charge is 0.215 e. The van der Waals surface area contributed by atoms with Crippen molar-refractivity contribution >= 4 is 21.4 Å². The van der Waals surface area contributed by atoms with E-state index in [0.29, 0.717) is 25.3 Å². The van der Waals surface area contributed by atoms with E-state index in [-0.39, 0.29) is 17.6 Å². The molecule has 8 heteroatoms. The Morgan fingerprint density at radius 1 is 1.20 bits per heavy atom. The lowest BCUT2D eigenvalue weighted by Gasteiger charge is -2.34. The van der Waals surface area contributed by atoms with Gasteiger partial charge in [0, 0.05) is 25.7 Å². The number of hydrogen-bond acceptors (Lipinski definition) is 5. The number of hydrogen-bond donors (Lipinski definition) is 1. The van der Waals surface area contributed by atoms with Gasteiger partial charge in [-0.3, -0.25) is 4.90 Å². The molecule has 0 saturated carbocycles. The van der Waals surface area contributed by atoms with Crippen LogP contribution >= 0.6 is 11.3 Å². The molecule has 1 N–H and O–H groups in total. The van der Waals surface area contributed by atoms with Gasteiger partial charge in [-0.2, -0.15) is 11.3 Å². The lowest BCUT2D eigenvalue weighted by molar-refractivity contribution is 0.0173. The highest BCUT2D eigenvalue weighted by Crippen LogP contribution is 2.23. The van der Waals surface area contributed by atoms with E-state index in [1.807, 2.05) is 11.4 Å². The molecule has 136 valence electrons. The van der Waals surface area contributed by atoms with Gasteiger partial charge in [0.25, 0.3) is 0 Å². The molecule has 0 aliphatic carbocycles. The Hall–Kier alpha value is -1.32. The van der Waals surface area contributed by atoms with Gasteiger partial charge in [-0.05, 0) is 40.1 Å². The molecule has 1 fully saturated rings. The van der Waals surface area contributed by atoms with E-state index in [1.165, 1.54) is 24.3 Å². The van der Waals surface area contributed by atoms with Crippen molar-refractivity contribution in [2.45, 2.75) is 11.8 Å². The number of sulfonamides is 1. The van der Waals surface area contributed by atoms with E-state index < -0.39 is 10.0 Å². The maximum absolute atomic E-state index is 13.0. The number of ether oxygens (including phenoxy) is 1. The summed E-state index contributed by atoms with van der Waals surface area (Å²) in [4.78, 5) is 2.24. The second kappa shape index (κ2) is 8.37. The summed E-state index contributed by atoms with van der Waals surface area (Å²) in [5.74, 6) is -0.536. The molecule has 0 bridgehead atoms. The Balaban J connectivity index is 1.66. The summed E-state index contributed by atoms with van der Waals surface area (Å²) >= 11 is 1.60. The van der Waals surface area contributed by atoms with E-state index in [1.54, 1.807) is 11.3 Å². The Labute approximate surface area is 151 Å². The number of morpholine rings is 1. The van der Waals surface area contributed by atoms with Gasteiger partial charge in [0.05, 0.1) is 19.0 Å². The summed E-state index contributed by atoms with van der Waals surface area (Å²) < 4.78 is 45.9. The molecule has 1 aliphatic heterocycles. The standard InChI is InChI=1S/C17H21FN2O3S2/c18-16-3-1-14(2-4-16)13-25(21,22)19-11-17(15-5-10-24-12-15)20-6-8-23-9-7-20/h1-5,10,12,17,19H,6-9,11,13H2. The third-order valence-electron chi connectivity index (χ3n) is 4.18. The van der Waals surface area contributed by atoms with Crippen LogP contribution in [0.4, 0.5) is 4.39 Å². The largest absolute Gasteiger partial charge is 0.379 e. The molecule has 1 saturated heterocycles. The number of nitrogens with one attached hydrogen (secondary N) is 1. The molecule has 1 aliphatic rings. The first-order chi connectivity index (χ1) is 12.0. The Bertz CT molecular complexity index is 758. The number of halogens is 1. The fraction of sp³-hybridized carbons (Fsp3) is 0.412. The minimum atomic E-state index is -3.50. The summed E-state index contributed by atoms with van der Waals surface area (Å²) in [7, 11) is -3.50. The first-order valence-corrected chi connectivity index (χ1v) is 10.7. The van der Waals surface area contributed by atoms with E-state index in [2.05, 4.69) is 15.0 Å². The fourth-order valence-electron chi connectivity index (χ4n) is 2.87. The van der Waals surface area contributed by atoms with Gasteiger partial charge in [0.1, 0.15) is 5.82 Å². The van der Waals surface area contributed by atoms with E-state index in [9.17, 15) is 12.8 Å². The van der Waals surface area contributed by atoms with E-state index in [0.717, 1.165) is 18.7 Å². The molecule has 0 spiro atoms. The second-order valence-corrected chi connectivity index (χ2v) is 8.54. The summed E-state index contributed by atoms with van der Waals surface area (Å²) in [5, 5.41) is 4.05. The van der Waals surface area contributed by atoms with Gasteiger partial charge >= 0.3 is 0 Å². The van der Waals surface area contributed by atoms with Crippen LogP contribution in [0.25, 0.3) is 0 Å². The summed E-state index contributed by atoms with van der Waals surface area (Å²) in [6, 6.07) is 7.54. The molecule has 2 aromatic rings. The van der Waals surface area contributed by atoms with Gasteiger partial charge in [0.2, 0.25) is 10.0 Å². The molecule has 3 rings (SSSR count). The van der Waals surface area contributed by atoms with Crippen molar-refractivity contribution in [3.05, 3.63) is 58.0 Å². The molecule has 1 aromatic carbocycles. The molecule has 2 heterocycles.